The molecule has 1 heterocycles. The smallest absolute Gasteiger partial charge is 0.119 e. The average Bonchev–Trinajstić information content (AvgIpc) is 2.71. The third-order valence-corrected chi connectivity index (χ3v) is 6.50. The molecule has 0 N–H and O–H groups in total. The molecule has 2 aromatic rings. The number of ether oxygens (including phenoxy) is 1. The van der Waals surface area contributed by atoms with Crippen molar-refractivity contribution in [3.63, 3.8) is 0 Å². The van der Waals surface area contributed by atoms with E-state index in [0.29, 0.717) is 0 Å². The van der Waals surface area contributed by atoms with Gasteiger partial charge < -0.3 is 9.64 Å². The molecule has 1 aliphatic heterocycles. The second kappa shape index (κ2) is 9.19. The number of anilines is 1. The number of nitrogens with zero attached hydrogens (tertiary/aromatic N) is 2. The Morgan fingerprint density at radius 1 is 1.00 bits per heavy atom. The van der Waals surface area contributed by atoms with E-state index in [1.807, 2.05) is 6.92 Å². The number of benzene rings is 2. The van der Waals surface area contributed by atoms with E-state index in [1.54, 1.807) is 0 Å². The van der Waals surface area contributed by atoms with Gasteiger partial charge in [0.1, 0.15) is 12.4 Å². The van der Waals surface area contributed by atoms with Crippen LogP contribution in [0, 0.1) is 6.92 Å². The van der Waals surface area contributed by atoms with Crippen molar-refractivity contribution in [2.75, 3.05) is 44.2 Å². The zero-order valence-electron chi connectivity index (χ0n) is 17.7. The lowest BCUT2D eigenvalue weighted by molar-refractivity contribution is 0.200. The summed E-state index contributed by atoms with van der Waals surface area (Å²) in [6.45, 7) is 14.7. The van der Waals surface area contributed by atoms with Gasteiger partial charge in [-0.3, -0.25) is 4.90 Å². The number of aryl methyl sites for hydroxylation is 1. The Hall–Kier alpha value is -1.71. The highest BCUT2D eigenvalue weighted by Crippen LogP contribution is 2.28. The van der Waals surface area contributed by atoms with E-state index < -0.39 is 0 Å². The molecule has 28 heavy (non-hydrogen) atoms. The predicted octanol–water partition coefficient (Wildman–Crippen LogP) is 5.54. The van der Waals surface area contributed by atoms with Gasteiger partial charge in [-0.1, -0.05) is 50.6 Å². The summed E-state index contributed by atoms with van der Waals surface area (Å²) in [7, 11) is 0. The standard InChI is InChI=1S/C24H33ClN2O/c1-5-24(3,4)20-7-10-22(11-8-20)28-17-16-26-12-14-27(15-13-26)21-9-6-19(2)23(25)18-21/h6-11,18H,5,12-17H2,1-4H3. The predicted molar refractivity (Wildman–Crippen MR) is 120 cm³/mol. The van der Waals surface area contributed by atoms with E-state index in [4.69, 9.17) is 16.3 Å². The van der Waals surface area contributed by atoms with Crippen LogP contribution in [0.15, 0.2) is 42.5 Å². The lowest BCUT2D eigenvalue weighted by atomic mass is 9.82. The first-order valence-electron chi connectivity index (χ1n) is 10.4. The summed E-state index contributed by atoms with van der Waals surface area (Å²) in [5, 5.41) is 0.849. The Morgan fingerprint density at radius 3 is 2.29 bits per heavy atom. The maximum Gasteiger partial charge on any atom is 0.119 e. The van der Waals surface area contributed by atoms with Gasteiger partial charge in [-0.05, 0) is 54.2 Å². The number of piperazine rings is 1. The SMILES string of the molecule is CCC(C)(C)c1ccc(OCCN2CCN(c3ccc(C)c(Cl)c3)CC2)cc1. The summed E-state index contributed by atoms with van der Waals surface area (Å²) in [6.07, 6.45) is 1.13. The maximum atomic E-state index is 6.28. The maximum absolute atomic E-state index is 6.28. The van der Waals surface area contributed by atoms with Gasteiger partial charge in [0.05, 0.1) is 0 Å². The highest BCUT2D eigenvalue weighted by atomic mass is 35.5. The van der Waals surface area contributed by atoms with Gasteiger partial charge in [0, 0.05) is 43.4 Å². The van der Waals surface area contributed by atoms with Gasteiger partial charge in [0.25, 0.3) is 0 Å². The topological polar surface area (TPSA) is 15.7 Å². The monoisotopic (exact) mass is 400 g/mol. The zero-order valence-corrected chi connectivity index (χ0v) is 18.4. The Morgan fingerprint density at radius 2 is 1.68 bits per heavy atom. The second-order valence-corrected chi connectivity index (χ2v) is 8.78. The Kier molecular flexibility index (Phi) is 6.90. The van der Waals surface area contributed by atoms with Gasteiger partial charge in [-0.25, -0.2) is 0 Å². The summed E-state index contributed by atoms with van der Waals surface area (Å²) < 4.78 is 5.98. The fourth-order valence-electron chi connectivity index (χ4n) is 3.51. The van der Waals surface area contributed by atoms with E-state index in [2.05, 4.69) is 73.0 Å². The fourth-order valence-corrected chi connectivity index (χ4v) is 3.68. The lowest BCUT2D eigenvalue weighted by Gasteiger charge is -2.36. The summed E-state index contributed by atoms with van der Waals surface area (Å²) in [6, 6.07) is 15.0. The molecule has 0 saturated carbocycles. The normalized spacial score (nSPS) is 15.7. The summed E-state index contributed by atoms with van der Waals surface area (Å²) in [5.74, 6) is 0.962. The van der Waals surface area contributed by atoms with Crippen LogP contribution in [0.25, 0.3) is 0 Å². The molecule has 2 aromatic carbocycles. The van der Waals surface area contributed by atoms with Crippen LogP contribution in [0.3, 0.4) is 0 Å². The van der Waals surface area contributed by atoms with E-state index in [1.165, 1.54) is 11.3 Å². The van der Waals surface area contributed by atoms with Crippen molar-refractivity contribution >= 4 is 17.3 Å². The molecule has 0 aromatic heterocycles. The fraction of sp³-hybridized carbons (Fsp3) is 0.500. The number of halogens is 1. The first-order chi connectivity index (χ1) is 13.4. The van der Waals surface area contributed by atoms with Crippen LogP contribution in [0.2, 0.25) is 5.02 Å². The first-order valence-corrected chi connectivity index (χ1v) is 10.7. The van der Waals surface area contributed by atoms with Crippen molar-refractivity contribution in [3.05, 3.63) is 58.6 Å². The van der Waals surface area contributed by atoms with E-state index in [0.717, 1.165) is 62.1 Å². The molecule has 152 valence electrons. The van der Waals surface area contributed by atoms with Crippen LogP contribution in [-0.4, -0.2) is 44.2 Å². The Bertz CT molecular complexity index is 765. The van der Waals surface area contributed by atoms with Gasteiger partial charge in [0.2, 0.25) is 0 Å². The van der Waals surface area contributed by atoms with Crippen LogP contribution < -0.4 is 9.64 Å². The molecule has 0 radical (unpaired) electrons. The first kappa shape index (κ1) is 21.0. The number of hydrogen-bond donors (Lipinski definition) is 0. The van der Waals surface area contributed by atoms with Crippen molar-refractivity contribution in [1.29, 1.82) is 0 Å². The molecule has 0 atom stereocenters. The summed E-state index contributed by atoms with van der Waals surface area (Å²) >= 11 is 6.28. The zero-order chi connectivity index (χ0) is 20.1. The van der Waals surface area contributed by atoms with Crippen LogP contribution in [-0.2, 0) is 5.41 Å². The highest BCUT2D eigenvalue weighted by Gasteiger charge is 2.19. The molecule has 4 heteroatoms. The minimum absolute atomic E-state index is 0.222. The van der Waals surface area contributed by atoms with Crippen molar-refractivity contribution in [1.82, 2.24) is 4.90 Å². The second-order valence-electron chi connectivity index (χ2n) is 8.37. The molecular weight excluding hydrogens is 368 g/mol. The van der Waals surface area contributed by atoms with Crippen LogP contribution in [0.5, 0.6) is 5.75 Å². The third kappa shape index (κ3) is 5.21. The van der Waals surface area contributed by atoms with E-state index >= 15 is 0 Å². The number of rotatable bonds is 7. The van der Waals surface area contributed by atoms with Crippen molar-refractivity contribution in [2.45, 2.75) is 39.5 Å². The molecule has 3 nitrogen and oxygen atoms in total. The van der Waals surface area contributed by atoms with Gasteiger partial charge in [0.15, 0.2) is 0 Å². The van der Waals surface area contributed by atoms with Gasteiger partial charge in [-0.2, -0.15) is 0 Å². The Balaban J connectivity index is 1.42. The van der Waals surface area contributed by atoms with Crippen LogP contribution in [0.4, 0.5) is 5.69 Å². The molecular formula is C24H33ClN2O. The van der Waals surface area contributed by atoms with E-state index in [9.17, 15) is 0 Å². The largest absolute Gasteiger partial charge is 0.492 e. The molecule has 0 aliphatic carbocycles. The summed E-state index contributed by atoms with van der Waals surface area (Å²) in [5.41, 5.74) is 3.95. The minimum atomic E-state index is 0.222. The molecule has 3 rings (SSSR count). The third-order valence-electron chi connectivity index (χ3n) is 6.09. The van der Waals surface area contributed by atoms with Crippen molar-refractivity contribution in [3.8, 4) is 5.75 Å². The molecule has 0 bridgehead atoms. The van der Waals surface area contributed by atoms with Gasteiger partial charge >= 0.3 is 0 Å². The van der Waals surface area contributed by atoms with Crippen LogP contribution >= 0.6 is 11.6 Å². The van der Waals surface area contributed by atoms with Crippen molar-refractivity contribution in [2.24, 2.45) is 0 Å². The molecule has 0 spiro atoms. The number of hydrogen-bond acceptors (Lipinski definition) is 3. The van der Waals surface area contributed by atoms with E-state index in [-0.39, 0.29) is 5.41 Å². The van der Waals surface area contributed by atoms with Gasteiger partial charge in [-0.15, -0.1) is 0 Å². The van der Waals surface area contributed by atoms with Crippen LogP contribution in [0.1, 0.15) is 38.3 Å². The minimum Gasteiger partial charge on any atom is -0.492 e. The molecule has 1 fully saturated rings. The average molecular weight is 401 g/mol. The quantitative estimate of drug-likeness (QED) is 0.607. The summed E-state index contributed by atoms with van der Waals surface area (Å²) in [4.78, 5) is 4.89. The highest BCUT2D eigenvalue weighted by molar-refractivity contribution is 6.31. The Labute approximate surface area is 175 Å². The molecule has 1 aliphatic rings. The van der Waals surface area contributed by atoms with Crippen molar-refractivity contribution < 1.29 is 4.74 Å². The molecule has 0 unspecified atom stereocenters. The molecule has 1 saturated heterocycles. The molecule has 0 amide bonds. The lowest BCUT2D eigenvalue weighted by Crippen LogP contribution is -2.47.